The van der Waals surface area contributed by atoms with Crippen molar-refractivity contribution in [1.29, 1.82) is 0 Å². The van der Waals surface area contributed by atoms with Crippen LogP contribution in [0.1, 0.15) is 42.9 Å². The molecule has 3 amide bonds. The molecule has 8 rings (SSSR count). The lowest BCUT2D eigenvalue weighted by Crippen LogP contribution is -2.42. The molecule has 0 bridgehead atoms. The average Bonchev–Trinajstić information content (AvgIpc) is 3.08. The zero-order chi connectivity index (χ0) is 29.9. The molecule has 1 unspecified atom stereocenters. The molecule has 2 aliphatic rings. The first kappa shape index (κ1) is 25.7. The molecule has 1 atom stereocenters. The smallest absolute Gasteiger partial charge is 0.265 e. The Hall–Kier alpha value is -5.99. The zero-order valence-corrected chi connectivity index (χ0v) is 23.1. The van der Waals surface area contributed by atoms with E-state index < -0.39 is 23.9 Å². The molecule has 44 heavy (non-hydrogen) atoms. The molecule has 0 spiro atoms. The van der Waals surface area contributed by atoms with Crippen molar-refractivity contribution in [3.63, 3.8) is 0 Å². The molecule has 4 heterocycles. The van der Waals surface area contributed by atoms with Gasteiger partial charge in [-0.3, -0.25) is 29.3 Å². The van der Waals surface area contributed by atoms with Crippen LogP contribution in [0.2, 0.25) is 0 Å². The number of hydrogen-bond donors (Lipinski definition) is 1. The molecule has 6 aromatic rings. The first-order valence-electron chi connectivity index (χ1n) is 14.0. The Morgan fingerprint density at radius 3 is 1.43 bits per heavy atom. The Bertz CT molecular complexity index is 2110. The number of anilines is 2. The van der Waals surface area contributed by atoms with Gasteiger partial charge < -0.3 is 5.11 Å². The summed E-state index contributed by atoms with van der Waals surface area (Å²) in [7, 11) is 0. The molecule has 210 valence electrons. The number of carbonyl (C=O) groups excluding carboxylic acids is 3. The Kier molecular flexibility index (Phi) is 5.72. The van der Waals surface area contributed by atoms with Crippen LogP contribution in [0, 0.1) is 0 Å². The maximum Gasteiger partial charge on any atom is 0.265 e. The van der Waals surface area contributed by atoms with Gasteiger partial charge in [-0.15, -0.1) is 0 Å². The van der Waals surface area contributed by atoms with Crippen molar-refractivity contribution >= 4 is 39.9 Å². The van der Waals surface area contributed by atoms with Crippen molar-refractivity contribution in [2.75, 3.05) is 9.80 Å². The van der Waals surface area contributed by atoms with E-state index in [-0.39, 0.29) is 0 Å². The number of pyridine rings is 2. The van der Waals surface area contributed by atoms with Gasteiger partial charge in [-0.05, 0) is 89.0 Å². The van der Waals surface area contributed by atoms with Crippen LogP contribution >= 0.6 is 0 Å². The molecule has 1 N–H and O–H groups in total. The van der Waals surface area contributed by atoms with E-state index in [9.17, 15) is 19.5 Å². The summed E-state index contributed by atoms with van der Waals surface area (Å²) in [6, 6.07) is 28.6. The maximum absolute atomic E-state index is 13.9. The SMILES string of the molecule is O=C1c2ccc3c4c(ccc(c24)C(=O)N1c1ccc(-c2ccncc2)cc1)C(O)N(c1ccc(-c2ccncc2)cc1)C3=O. The maximum atomic E-state index is 13.9. The minimum Gasteiger partial charge on any atom is -0.369 e. The number of imide groups is 1. The molecule has 0 saturated carbocycles. The molecular formula is C36H22N4O4. The number of rotatable bonds is 4. The fourth-order valence-corrected chi connectivity index (χ4v) is 6.18. The minimum absolute atomic E-state index is 0.300. The Balaban J connectivity index is 1.17. The van der Waals surface area contributed by atoms with Gasteiger partial charge >= 0.3 is 0 Å². The molecule has 2 aromatic heterocycles. The van der Waals surface area contributed by atoms with Crippen LogP contribution in [0.25, 0.3) is 33.0 Å². The average molecular weight is 575 g/mol. The predicted molar refractivity (Wildman–Crippen MR) is 166 cm³/mol. The Morgan fingerprint density at radius 1 is 0.477 bits per heavy atom. The highest BCUT2D eigenvalue weighted by atomic mass is 16.3. The second kappa shape index (κ2) is 9.79. The van der Waals surface area contributed by atoms with E-state index in [0.29, 0.717) is 44.4 Å². The van der Waals surface area contributed by atoms with Crippen LogP contribution in [-0.2, 0) is 0 Å². The summed E-state index contributed by atoms with van der Waals surface area (Å²) in [5.41, 5.74) is 6.15. The monoisotopic (exact) mass is 574 g/mol. The van der Waals surface area contributed by atoms with E-state index in [4.69, 9.17) is 0 Å². The molecular weight excluding hydrogens is 552 g/mol. The lowest BCUT2D eigenvalue weighted by molar-refractivity contribution is 0.0866. The molecule has 8 heteroatoms. The van der Waals surface area contributed by atoms with Gasteiger partial charge in [0.2, 0.25) is 0 Å². The largest absolute Gasteiger partial charge is 0.369 e. The summed E-state index contributed by atoms with van der Waals surface area (Å²) in [6.07, 6.45) is 5.53. The summed E-state index contributed by atoms with van der Waals surface area (Å²) in [6.45, 7) is 0. The number of aliphatic hydroxyl groups is 1. The third-order valence-corrected chi connectivity index (χ3v) is 8.33. The van der Waals surface area contributed by atoms with Gasteiger partial charge in [0.25, 0.3) is 17.7 Å². The third kappa shape index (κ3) is 3.78. The first-order valence-corrected chi connectivity index (χ1v) is 14.0. The van der Waals surface area contributed by atoms with Gasteiger partial charge in [-0.2, -0.15) is 0 Å². The highest BCUT2D eigenvalue weighted by Crippen LogP contribution is 2.43. The van der Waals surface area contributed by atoms with Crippen LogP contribution in [0.5, 0.6) is 0 Å². The molecule has 4 aromatic carbocycles. The Labute approximate surface area is 251 Å². The van der Waals surface area contributed by atoms with E-state index >= 15 is 0 Å². The molecule has 0 aliphatic carbocycles. The summed E-state index contributed by atoms with van der Waals surface area (Å²) in [4.78, 5) is 52.1. The number of hydrogen-bond acceptors (Lipinski definition) is 6. The second-order valence-electron chi connectivity index (χ2n) is 10.7. The standard InChI is InChI=1S/C36H22N4O4/c41-33-27-9-11-29-32-30(36(44)40(35(29)43)26-7-3-22(4-8-26)24-15-19-38-20-16-24)12-10-28(31(27)32)34(42)39(33)25-5-1-21(2-6-25)23-13-17-37-18-14-23/h1-20,33,41H. The van der Waals surface area contributed by atoms with Gasteiger partial charge in [0.1, 0.15) is 0 Å². The van der Waals surface area contributed by atoms with Crippen LogP contribution in [0.4, 0.5) is 11.4 Å². The van der Waals surface area contributed by atoms with Crippen molar-refractivity contribution in [3.05, 3.63) is 144 Å². The van der Waals surface area contributed by atoms with Crippen LogP contribution < -0.4 is 9.80 Å². The second-order valence-corrected chi connectivity index (χ2v) is 10.7. The quantitative estimate of drug-likeness (QED) is 0.244. The lowest BCUT2D eigenvalue weighted by Gasteiger charge is -2.36. The van der Waals surface area contributed by atoms with Crippen molar-refractivity contribution < 1.29 is 19.5 Å². The number of amides is 3. The van der Waals surface area contributed by atoms with Crippen molar-refractivity contribution in [2.24, 2.45) is 0 Å². The first-order chi connectivity index (χ1) is 21.5. The highest BCUT2D eigenvalue weighted by molar-refractivity contribution is 6.37. The van der Waals surface area contributed by atoms with E-state index in [1.165, 1.54) is 4.90 Å². The van der Waals surface area contributed by atoms with Crippen LogP contribution in [-0.4, -0.2) is 32.8 Å². The zero-order valence-electron chi connectivity index (χ0n) is 23.1. The van der Waals surface area contributed by atoms with Gasteiger partial charge in [-0.25, -0.2) is 4.90 Å². The van der Waals surface area contributed by atoms with Gasteiger partial charge in [0, 0.05) is 63.5 Å². The highest BCUT2D eigenvalue weighted by Gasteiger charge is 2.40. The molecule has 0 saturated heterocycles. The predicted octanol–water partition coefficient (Wildman–Crippen LogP) is 6.42. The lowest BCUT2D eigenvalue weighted by atomic mass is 9.85. The molecule has 0 fully saturated rings. The summed E-state index contributed by atoms with van der Waals surface area (Å²) < 4.78 is 0. The third-order valence-electron chi connectivity index (χ3n) is 8.33. The number of aliphatic hydroxyl groups excluding tert-OH is 1. The van der Waals surface area contributed by atoms with Crippen molar-refractivity contribution in [3.8, 4) is 22.3 Å². The Morgan fingerprint density at radius 2 is 0.909 bits per heavy atom. The summed E-state index contributed by atoms with van der Waals surface area (Å²) in [5.74, 6) is -1.39. The van der Waals surface area contributed by atoms with Gasteiger partial charge in [0.05, 0.1) is 5.69 Å². The molecule has 8 nitrogen and oxygen atoms in total. The van der Waals surface area contributed by atoms with E-state index in [0.717, 1.165) is 27.2 Å². The molecule has 0 radical (unpaired) electrons. The fourth-order valence-electron chi connectivity index (χ4n) is 6.18. The number of benzene rings is 4. The van der Waals surface area contributed by atoms with Crippen LogP contribution in [0.3, 0.4) is 0 Å². The topological polar surface area (TPSA) is 104 Å². The fraction of sp³-hybridized carbons (Fsp3) is 0.0278. The van der Waals surface area contributed by atoms with Gasteiger partial charge in [-0.1, -0.05) is 30.3 Å². The molecule has 2 aliphatic heterocycles. The minimum atomic E-state index is -1.31. The van der Waals surface area contributed by atoms with Crippen LogP contribution in [0.15, 0.2) is 122 Å². The van der Waals surface area contributed by atoms with E-state index in [1.807, 2.05) is 48.5 Å². The van der Waals surface area contributed by atoms with E-state index in [2.05, 4.69) is 9.97 Å². The van der Waals surface area contributed by atoms with Crippen molar-refractivity contribution in [2.45, 2.75) is 6.23 Å². The summed E-state index contributed by atoms with van der Waals surface area (Å²) in [5, 5.41) is 12.3. The number of carbonyl (C=O) groups is 3. The summed E-state index contributed by atoms with van der Waals surface area (Å²) >= 11 is 0. The number of nitrogens with zero attached hydrogens (tertiary/aromatic N) is 4. The van der Waals surface area contributed by atoms with Gasteiger partial charge in [0.15, 0.2) is 6.23 Å². The normalized spacial score (nSPS) is 15.7. The van der Waals surface area contributed by atoms with E-state index in [1.54, 1.807) is 73.3 Å². The number of aromatic nitrogens is 2. The van der Waals surface area contributed by atoms with Crippen molar-refractivity contribution in [1.82, 2.24) is 9.97 Å².